The summed E-state index contributed by atoms with van der Waals surface area (Å²) in [6.45, 7) is 3.53. The fourth-order valence-corrected chi connectivity index (χ4v) is 7.42. The smallest absolute Gasteiger partial charge is 0.462 e. The van der Waals surface area contributed by atoms with Crippen molar-refractivity contribution in [1.29, 1.82) is 0 Å². The first kappa shape index (κ1) is 57.7. The summed E-state index contributed by atoms with van der Waals surface area (Å²) in [7, 11) is -4.40. The molecule has 0 aliphatic carbocycles. The van der Waals surface area contributed by atoms with Crippen molar-refractivity contribution in [3.8, 4) is 0 Å². The lowest BCUT2D eigenvalue weighted by Gasteiger charge is -2.19. The zero-order valence-electron chi connectivity index (χ0n) is 38.4. The van der Waals surface area contributed by atoms with E-state index in [4.69, 9.17) is 24.3 Å². The van der Waals surface area contributed by atoms with E-state index in [0.29, 0.717) is 6.42 Å². The topological polar surface area (TPSA) is 134 Å². The molecule has 0 aliphatic heterocycles. The second-order valence-electron chi connectivity index (χ2n) is 16.0. The highest BCUT2D eigenvalue weighted by molar-refractivity contribution is 7.47. The van der Waals surface area contributed by atoms with Crippen LogP contribution in [-0.4, -0.2) is 49.3 Å². The number of esters is 2. The molecule has 60 heavy (non-hydrogen) atoms. The molecule has 0 radical (unpaired) electrons. The van der Waals surface area contributed by atoms with Crippen LogP contribution in [0.2, 0.25) is 0 Å². The molecule has 0 aliphatic rings. The molecule has 0 rings (SSSR count). The highest BCUT2D eigenvalue weighted by Crippen LogP contribution is 2.43. The summed E-state index contributed by atoms with van der Waals surface area (Å²) in [6.07, 6.45) is 55.9. The van der Waals surface area contributed by atoms with E-state index in [2.05, 4.69) is 56.4 Å². The molecule has 3 N–H and O–H groups in total. The Labute approximate surface area is 368 Å². The third-order valence-corrected chi connectivity index (χ3v) is 11.2. The van der Waals surface area contributed by atoms with Crippen LogP contribution in [0.25, 0.3) is 0 Å². The first-order valence-electron chi connectivity index (χ1n) is 24.3. The van der Waals surface area contributed by atoms with Crippen molar-refractivity contribution in [3.05, 3.63) is 60.8 Å². The second kappa shape index (κ2) is 46.2. The van der Waals surface area contributed by atoms with Gasteiger partial charge in [-0.25, -0.2) is 4.57 Å². The summed E-state index contributed by atoms with van der Waals surface area (Å²) >= 11 is 0. The van der Waals surface area contributed by atoms with Crippen LogP contribution < -0.4 is 5.73 Å². The number of phosphoric ester groups is 1. The lowest BCUT2D eigenvalue weighted by Crippen LogP contribution is -2.29. The molecule has 0 saturated carbocycles. The summed E-state index contributed by atoms with van der Waals surface area (Å²) < 4.78 is 32.7. The van der Waals surface area contributed by atoms with Gasteiger partial charge in [0.25, 0.3) is 0 Å². The highest BCUT2D eigenvalue weighted by atomic mass is 31.2. The number of hydrogen-bond acceptors (Lipinski definition) is 8. The van der Waals surface area contributed by atoms with Crippen LogP contribution in [-0.2, 0) is 32.7 Å². The molecule has 0 heterocycles. The van der Waals surface area contributed by atoms with Crippen LogP contribution in [0, 0.1) is 0 Å². The van der Waals surface area contributed by atoms with Gasteiger partial charge in [0, 0.05) is 13.0 Å². The first-order valence-corrected chi connectivity index (χ1v) is 25.8. The van der Waals surface area contributed by atoms with Crippen molar-refractivity contribution in [1.82, 2.24) is 0 Å². The van der Waals surface area contributed by atoms with Gasteiger partial charge >= 0.3 is 19.8 Å². The number of carbonyl (C=O) groups excluding carboxylic acids is 2. The number of allylic oxidation sites excluding steroid dienone is 9. The minimum Gasteiger partial charge on any atom is -0.462 e. The number of unbranched alkanes of at least 4 members (excludes halogenated alkanes) is 23. The molecular formula is C50H90NO8P. The minimum absolute atomic E-state index is 0.00202. The van der Waals surface area contributed by atoms with Gasteiger partial charge in [-0.3, -0.25) is 18.6 Å². The van der Waals surface area contributed by atoms with Crippen molar-refractivity contribution in [3.63, 3.8) is 0 Å². The summed E-state index contributed by atoms with van der Waals surface area (Å²) in [5, 5.41) is 0. The molecule has 0 aromatic carbocycles. The predicted molar refractivity (Wildman–Crippen MR) is 252 cm³/mol. The van der Waals surface area contributed by atoms with E-state index < -0.39 is 32.5 Å². The third kappa shape index (κ3) is 45.2. The largest absolute Gasteiger partial charge is 0.472 e. The number of carbonyl (C=O) groups is 2. The average Bonchev–Trinajstić information content (AvgIpc) is 3.24. The molecule has 10 heteroatoms. The van der Waals surface area contributed by atoms with Crippen LogP contribution in [0.3, 0.4) is 0 Å². The monoisotopic (exact) mass is 864 g/mol. The van der Waals surface area contributed by atoms with Gasteiger partial charge in [-0.05, 0) is 38.5 Å². The maximum Gasteiger partial charge on any atom is 0.472 e. The molecule has 0 aromatic rings. The fraction of sp³-hybridized carbons (Fsp3) is 0.760. The molecule has 348 valence electrons. The maximum absolute atomic E-state index is 12.5. The van der Waals surface area contributed by atoms with Gasteiger partial charge in [0.05, 0.1) is 19.6 Å². The molecule has 0 bridgehead atoms. The van der Waals surface area contributed by atoms with E-state index in [1.807, 2.05) is 12.2 Å². The number of ether oxygens (including phenoxy) is 2. The van der Waals surface area contributed by atoms with Crippen LogP contribution in [0.5, 0.6) is 0 Å². The Balaban J connectivity index is 4.08. The van der Waals surface area contributed by atoms with Gasteiger partial charge in [0.2, 0.25) is 0 Å². The van der Waals surface area contributed by atoms with Crippen LogP contribution in [0.1, 0.15) is 213 Å². The molecule has 0 aromatic heterocycles. The Hall–Kier alpha value is -2.29. The molecule has 2 unspecified atom stereocenters. The number of hydrogen-bond donors (Lipinski definition) is 2. The van der Waals surface area contributed by atoms with Gasteiger partial charge in [-0.2, -0.15) is 0 Å². The van der Waals surface area contributed by atoms with Gasteiger partial charge in [-0.1, -0.05) is 222 Å². The lowest BCUT2D eigenvalue weighted by atomic mass is 10.0. The van der Waals surface area contributed by atoms with Gasteiger partial charge < -0.3 is 20.1 Å². The Morgan fingerprint density at radius 1 is 0.517 bits per heavy atom. The van der Waals surface area contributed by atoms with Gasteiger partial charge in [0.15, 0.2) is 6.10 Å². The zero-order valence-corrected chi connectivity index (χ0v) is 39.3. The Bertz CT molecular complexity index is 1170. The Kier molecular flexibility index (Phi) is 44.5. The molecule has 9 nitrogen and oxygen atoms in total. The van der Waals surface area contributed by atoms with E-state index in [0.717, 1.165) is 44.9 Å². The molecule has 0 fully saturated rings. The fourth-order valence-electron chi connectivity index (χ4n) is 6.65. The van der Waals surface area contributed by atoms with E-state index in [1.54, 1.807) is 6.08 Å². The van der Waals surface area contributed by atoms with Gasteiger partial charge in [-0.15, -0.1) is 0 Å². The minimum atomic E-state index is -4.40. The number of phosphoric acid groups is 1. The second-order valence-corrected chi connectivity index (χ2v) is 17.4. The van der Waals surface area contributed by atoms with Crippen molar-refractivity contribution >= 4 is 19.8 Å². The summed E-state index contributed by atoms with van der Waals surface area (Å²) in [6, 6.07) is 0. The standard InChI is InChI=1S/C50H90NO8P/c1-3-5-7-9-11-13-15-17-19-20-21-22-23-24-25-26-27-29-30-32-34-36-38-40-42-49(52)56-46-48(47-58-60(54,55)57-45-44-51)59-50(53)43-41-39-37-35-33-31-28-18-16-14-12-10-8-6-4-2/h6,8,12,14,18,28,33,35,39,41,48H,3-5,7,9-11,13,15-17,19-27,29-32,34,36-38,40,42-47,51H2,1-2H3,(H,54,55)/b8-6-,14-12-,28-18-,35-33-,41-39-. The summed E-state index contributed by atoms with van der Waals surface area (Å²) in [5.74, 6) is -0.971. The molecule has 0 spiro atoms. The number of nitrogens with two attached hydrogens (primary N) is 1. The summed E-state index contributed by atoms with van der Waals surface area (Å²) in [4.78, 5) is 34.9. The summed E-state index contributed by atoms with van der Waals surface area (Å²) in [5.41, 5.74) is 5.35. The highest BCUT2D eigenvalue weighted by Gasteiger charge is 2.25. The van der Waals surface area contributed by atoms with Crippen molar-refractivity contribution in [2.45, 2.75) is 219 Å². The van der Waals surface area contributed by atoms with Crippen LogP contribution >= 0.6 is 7.82 Å². The lowest BCUT2D eigenvalue weighted by molar-refractivity contribution is -0.160. The Morgan fingerprint density at radius 2 is 0.900 bits per heavy atom. The van der Waals surface area contributed by atoms with E-state index in [-0.39, 0.29) is 32.6 Å². The molecular weight excluding hydrogens is 774 g/mol. The van der Waals surface area contributed by atoms with E-state index in [1.165, 1.54) is 135 Å². The van der Waals surface area contributed by atoms with Gasteiger partial charge in [0.1, 0.15) is 6.61 Å². The molecule has 0 amide bonds. The van der Waals surface area contributed by atoms with Crippen molar-refractivity contribution in [2.24, 2.45) is 5.73 Å². The Morgan fingerprint density at radius 3 is 1.30 bits per heavy atom. The number of rotatable bonds is 45. The SMILES string of the molecule is CC/C=C\C/C=C\C/C=C\C/C=C\C/C=C\CC(=O)OC(COC(=O)CCCCCCCCCCCCCCCCCCCCCCCCCC)COP(=O)(O)OCCN. The first-order chi connectivity index (χ1) is 29.3. The average molecular weight is 864 g/mol. The predicted octanol–water partition coefficient (Wildman–Crippen LogP) is 14.4. The molecule has 2 atom stereocenters. The third-order valence-electron chi connectivity index (χ3n) is 10.2. The van der Waals surface area contributed by atoms with Crippen molar-refractivity contribution < 1.29 is 37.6 Å². The van der Waals surface area contributed by atoms with E-state index in [9.17, 15) is 19.0 Å². The quantitative estimate of drug-likeness (QED) is 0.0265. The van der Waals surface area contributed by atoms with E-state index >= 15 is 0 Å². The maximum atomic E-state index is 12.5. The normalized spacial score (nSPS) is 13.7. The van der Waals surface area contributed by atoms with Crippen LogP contribution in [0.4, 0.5) is 0 Å². The molecule has 0 saturated heterocycles. The van der Waals surface area contributed by atoms with Crippen LogP contribution in [0.15, 0.2) is 60.8 Å². The zero-order chi connectivity index (χ0) is 43.9. The van der Waals surface area contributed by atoms with Crippen molar-refractivity contribution in [2.75, 3.05) is 26.4 Å².